The lowest BCUT2D eigenvalue weighted by molar-refractivity contribution is 0.414. The van der Waals surface area contributed by atoms with Gasteiger partial charge in [0.2, 0.25) is 0 Å². The molecule has 1 aliphatic rings. The Morgan fingerprint density at radius 1 is 0.962 bits per heavy atom. The molecule has 0 spiro atoms. The minimum absolute atomic E-state index is 0.847. The summed E-state index contributed by atoms with van der Waals surface area (Å²) < 4.78 is 7.27. The van der Waals surface area contributed by atoms with Gasteiger partial charge in [-0.3, -0.25) is 0 Å². The summed E-state index contributed by atoms with van der Waals surface area (Å²) in [6.07, 6.45) is 0.994. The molecule has 4 nitrogen and oxygen atoms in total. The Hall–Kier alpha value is -3.27. The van der Waals surface area contributed by atoms with Crippen molar-refractivity contribution in [1.82, 2.24) is 9.78 Å². The number of anilines is 1. The first-order valence-corrected chi connectivity index (χ1v) is 8.83. The Bertz CT molecular complexity index is 1100. The van der Waals surface area contributed by atoms with Crippen LogP contribution in [-0.2, 0) is 6.42 Å². The molecule has 0 amide bonds. The third-order valence-electron chi connectivity index (χ3n) is 4.99. The number of aromatic nitrogens is 2. The van der Waals surface area contributed by atoms with Gasteiger partial charge in [0.15, 0.2) is 0 Å². The zero-order valence-electron chi connectivity index (χ0n) is 14.6. The lowest BCUT2D eigenvalue weighted by atomic mass is 10.0. The smallest absolute Gasteiger partial charge is 0.133 e. The van der Waals surface area contributed by atoms with Crippen molar-refractivity contribution in [3.05, 3.63) is 72.3 Å². The Labute approximate surface area is 152 Å². The molecule has 0 saturated heterocycles. The van der Waals surface area contributed by atoms with E-state index in [2.05, 4.69) is 47.8 Å². The molecule has 1 aromatic heterocycles. The second-order valence-corrected chi connectivity index (χ2v) is 6.52. The highest BCUT2D eigenvalue weighted by molar-refractivity contribution is 5.88. The van der Waals surface area contributed by atoms with Crippen molar-refractivity contribution in [3.63, 3.8) is 0 Å². The standard InChI is InChI=1S/C22H19N3O/c1-26-19-10-8-18(9-11-19)25-22-20(12-13-23-22)21(24-25)17-7-6-15-4-2-3-5-16(15)14-17/h2-11,14,23H,12-13H2,1H3. The summed E-state index contributed by atoms with van der Waals surface area (Å²) in [5, 5.41) is 10.9. The fraction of sp³-hybridized carbons (Fsp3) is 0.136. The van der Waals surface area contributed by atoms with E-state index in [0.29, 0.717) is 0 Å². The van der Waals surface area contributed by atoms with Gasteiger partial charge in [-0.25, -0.2) is 4.68 Å². The number of hydrogen-bond donors (Lipinski definition) is 1. The molecular weight excluding hydrogens is 322 g/mol. The van der Waals surface area contributed by atoms with Gasteiger partial charge in [-0.05, 0) is 47.5 Å². The first-order chi connectivity index (χ1) is 12.8. The minimum atomic E-state index is 0.847. The Kier molecular flexibility index (Phi) is 3.42. The maximum atomic E-state index is 5.27. The molecule has 0 atom stereocenters. The summed E-state index contributed by atoms with van der Waals surface area (Å²) in [7, 11) is 1.68. The molecule has 0 bridgehead atoms. The number of nitrogens with zero attached hydrogens (tertiary/aromatic N) is 2. The number of nitrogens with one attached hydrogen (secondary N) is 1. The van der Waals surface area contributed by atoms with Crippen LogP contribution in [0.25, 0.3) is 27.7 Å². The molecule has 5 rings (SSSR count). The largest absolute Gasteiger partial charge is 0.497 e. The average Bonchev–Trinajstić information content (AvgIpc) is 3.30. The fourth-order valence-corrected chi connectivity index (χ4v) is 3.65. The normalized spacial score (nSPS) is 12.8. The van der Waals surface area contributed by atoms with E-state index >= 15 is 0 Å². The molecule has 0 aliphatic carbocycles. The van der Waals surface area contributed by atoms with Crippen LogP contribution in [0.3, 0.4) is 0 Å². The summed E-state index contributed by atoms with van der Waals surface area (Å²) in [5.74, 6) is 1.94. The van der Waals surface area contributed by atoms with Gasteiger partial charge in [-0.2, -0.15) is 5.10 Å². The van der Waals surface area contributed by atoms with Gasteiger partial charge in [-0.1, -0.05) is 36.4 Å². The summed E-state index contributed by atoms with van der Waals surface area (Å²) >= 11 is 0. The number of fused-ring (bicyclic) bond motifs is 2. The summed E-state index contributed by atoms with van der Waals surface area (Å²) in [6, 6.07) is 23.0. The van der Waals surface area contributed by atoms with Gasteiger partial charge < -0.3 is 10.1 Å². The molecule has 1 N–H and O–H groups in total. The van der Waals surface area contributed by atoms with Gasteiger partial charge >= 0.3 is 0 Å². The number of benzene rings is 3. The Balaban J connectivity index is 1.65. The number of methoxy groups -OCH3 is 1. The van der Waals surface area contributed by atoms with Crippen LogP contribution in [0.5, 0.6) is 5.75 Å². The van der Waals surface area contributed by atoms with Crippen LogP contribution in [0.1, 0.15) is 5.56 Å². The highest BCUT2D eigenvalue weighted by Gasteiger charge is 2.24. The van der Waals surface area contributed by atoms with Crippen LogP contribution in [-0.4, -0.2) is 23.4 Å². The van der Waals surface area contributed by atoms with Crippen LogP contribution in [0, 0.1) is 0 Å². The van der Waals surface area contributed by atoms with Crippen molar-refractivity contribution >= 4 is 16.6 Å². The van der Waals surface area contributed by atoms with Crippen LogP contribution in [0.2, 0.25) is 0 Å². The van der Waals surface area contributed by atoms with Crippen LogP contribution in [0.4, 0.5) is 5.82 Å². The maximum Gasteiger partial charge on any atom is 0.133 e. The highest BCUT2D eigenvalue weighted by atomic mass is 16.5. The SMILES string of the molecule is COc1ccc(-n2nc(-c3ccc4ccccc4c3)c3c2NCC3)cc1. The molecule has 1 aliphatic heterocycles. The quantitative estimate of drug-likeness (QED) is 0.588. The molecular formula is C22H19N3O. The molecule has 4 heteroatoms. The summed E-state index contributed by atoms with van der Waals surface area (Å²) in [5.41, 5.74) is 4.54. The number of hydrogen-bond acceptors (Lipinski definition) is 3. The third kappa shape index (κ3) is 2.34. The van der Waals surface area contributed by atoms with Gasteiger partial charge in [0.1, 0.15) is 11.6 Å². The number of ether oxygens (including phenoxy) is 1. The highest BCUT2D eigenvalue weighted by Crippen LogP contribution is 2.35. The van der Waals surface area contributed by atoms with Gasteiger partial charge in [-0.15, -0.1) is 0 Å². The zero-order chi connectivity index (χ0) is 17.5. The zero-order valence-corrected chi connectivity index (χ0v) is 14.6. The lowest BCUT2D eigenvalue weighted by Gasteiger charge is -2.07. The number of rotatable bonds is 3. The molecule has 26 heavy (non-hydrogen) atoms. The minimum Gasteiger partial charge on any atom is -0.497 e. The lowest BCUT2D eigenvalue weighted by Crippen LogP contribution is -2.04. The molecule has 0 radical (unpaired) electrons. The summed E-state index contributed by atoms with van der Waals surface area (Å²) in [6.45, 7) is 0.948. The van der Waals surface area contributed by atoms with Crippen molar-refractivity contribution < 1.29 is 4.74 Å². The predicted molar refractivity (Wildman–Crippen MR) is 105 cm³/mol. The monoisotopic (exact) mass is 341 g/mol. The first-order valence-electron chi connectivity index (χ1n) is 8.83. The Morgan fingerprint density at radius 3 is 2.58 bits per heavy atom. The molecule has 4 aromatic rings. The summed E-state index contributed by atoms with van der Waals surface area (Å²) in [4.78, 5) is 0. The molecule has 0 saturated carbocycles. The van der Waals surface area contributed by atoms with Crippen molar-refractivity contribution in [2.24, 2.45) is 0 Å². The van der Waals surface area contributed by atoms with Crippen molar-refractivity contribution in [2.75, 3.05) is 19.0 Å². The molecule has 2 heterocycles. The van der Waals surface area contributed by atoms with Crippen LogP contribution in [0.15, 0.2) is 66.7 Å². The second-order valence-electron chi connectivity index (χ2n) is 6.52. The van der Waals surface area contributed by atoms with E-state index in [-0.39, 0.29) is 0 Å². The van der Waals surface area contributed by atoms with E-state index in [0.717, 1.165) is 41.5 Å². The third-order valence-corrected chi connectivity index (χ3v) is 4.99. The average molecular weight is 341 g/mol. The van der Waals surface area contributed by atoms with E-state index in [9.17, 15) is 0 Å². The van der Waals surface area contributed by atoms with E-state index in [1.165, 1.54) is 16.3 Å². The van der Waals surface area contributed by atoms with Crippen LogP contribution < -0.4 is 10.1 Å². The van der Waals surface area contributed by atoms with E-state index in [1.807, 2.05) is 28.9 Å². The molecule has 0 fully saturated rings. The van der Waals surface area contributed by atoms with Crippen LogP contribution >= 0.6 is 0 Å². The first kappa shape index (κ1) is 15.0. The topological polar surface area (TPSA) is 39.1 Å². The van der Waals surface area contributed by atoms with Crippen molar-refractivity contribution in [2.45, 2.75) is 6.42 Å². The van der Waals surface area contributed by atoms with Gasteiger partial charge in [0.05, 0.1) is 18.5 Å². The Morgan fingerprint density at radius 2 is 1.77 bits per heavy atom. The van der Waals surface area contributed by atoms with Crippen molar-refractivity contribution in [1.29, 1.82) is 0 Å². The van der Waals surface area contributed by atoms with E-state index < -0.39 is 0 Å². The maximum absolute atomic E-state index is 5.27. The second kappa shape index (κ2) is 5.92. The predicted octanol–water partition coefficient (Wildman–Crippen LogP) is 4.67. The van der Waals surface area contributed by atoms with E-state index in [4.69, 9.17) is 9.84 Å². The molecule has 0 unspecified atom stereocenters. The van der Waals surface area contributed by atoms with Crippen molar-refractivity contribution in [3.8, 4) is 22.7 Å². The van der Waals surface area contributed by atoms with E-state index in [1.54, 1.807) is 7.11 Å². The van der Waals surface area contributed by atoms with Gasteiger partial charge in [0.25, 0.3) is 0 Å². The fourth-order valence-electron chi connectivity index (χ4n) is 3.65. The molecule has 128 valence electrons. The van der Waals surface area contributed by atoms with Gasteiger partial charge in [0, 0.05) is 17.7 Å². The molecule has 3 aromatic carbocycles.